The van der Waals surface area contributed by atoms with E-state index >= 15 is 0 Å². The molecule has 1 unspecified atom stereocenters. The SMILES string of the molecule is CCn1nccc1-c1cc(C)nc(C2CCCN2C(=O)COC)n1. The molecule has 0 radical (unpaired) electrons. The van der Waals surface area contributed by atoms with Gasteiger partial charge in [0.2, 0.25) is 5.91 Å². The molecule has 128 valence electrons. The number of carbonyl (C=O) groups excluding carboxylic acids is 1. The van der Waals surface area contributed by atoms with Crippen LogP contribution in [0, 0.1) is 6.92 Å². The molecular weight excluding hydrogens is 306 g/mol. The van der Waals surface area contributed by atoms with Crippen molar-refractivity contribution in [3.63, 3.8) is 0 Å². The summed E-state index contributed by atoms with van der Waals surface area (Å²) >= 11 is 0. The molecule has 0 aliphatic carbocycles. The molecule has 2 aromatic rings. The van der Waals surface area contributed by atoms with Gasteiger partial charge in [0, 0.05) is 32.1 Å². The van der Waals surface area contributed by atoms with E-state index < -0.39 is 0 Å². The summed E-state index contributed by atoms with van der Waals surface area (Å²) in [4.78, 5) is 23.4. The van der Waals surface area contributed by atoms with E-state index in [0.29, 0.717) is 5.82 Å². The van der Waals surface area contributed by atoms with Crippen LogP contribution < -0.4 is 0 Å². The molecule has 0 N–H and O–H groups in total. The molecule has 24 heavy (non-hydrogen) atoms. The quantitative estimate of drug-likeness (QED) is 0.838. The van der Waals surface area contributed by atoms with Crippen LogP contribution in [-0.2, 0) is 16.1 Å². The number of nitrogens with zero attached hydrogens (tertiary/aromatic N) is 5. The minimum Gasteiger partial charge on any atom is -0.375 e. The minimum absolute atomic E-state index is 0.00902. The molecule has 0 bridgehead atoms. The molecule has 1 aliphatic rings. The van der Waals surface area contributed by atoms with Crippen molar-refractivity contribution in [3.05, 3.63) is 29.8 Å². The van der Waals surface area contributed by atoms with Crippen LogP contribution >= 0.6 is 0 Å². The Morgan fingerprint density at radius 1 is 1.42 bits per heavy atom. The fourth-order valence-electron chi connectivity index (χ4n) is 3.21. The Kier molecular flexibility index (Phi) is 4.89. The molecule has 0 saturated carbocycles. The first kappa shape index (κ1) is 16.6. The summed E-state index contributed by atoms with van der Waals surface area (Å²) in [5, 5.41) is 4.31. The first-order chi connectivity index (χ1) is 11.6. The third-order valence-corrected chi connectivity index (χ3v) is 4.29. The Labute approximate surface area is 141 Å². The highest BCUT2D eigenvalue weighted by molar-refractivity contribution is 5.78. The molecule has 0 aromatic carbocycles. The summed E-state index contributed by atoms with van der Waals surface area (Å²) in [5.41, 5.74) is 2.71. The highest BCUT2D eigenvalue weighted by Crippen LogP contribution is 2.31. The Morgan fingerprint density at radius 3 is 3.00 bits per heavy atom. The second-order valence-corrected chi connectivity index (χ2v) is 5.96. The topological polar surface area (TPSA) is 73.1 Å². The van der Waals surface area contributed by atoms with Crippen LogP contribution in [0.2, 0.25) is 0 Å². The average molecular weight is 329 g/mol. The van der Waals surface area contributed by atoms with E-state index in [-0.39, 0.29) is 18.6 Å². The molecule has 1 amide bonds. The number of amides is 1. The predicted octanol–water partition coefficient (Wildman–Crippen LogP) is 1.98. The molecule has 7 heteroatoms. The number of rotatable bonds is 5. The average Bonchev–Trinajstić information content (AvgIpc) is 3.23. The van der Waals surface area contributed by atoms with Gasteiger partial charge < -0.3 is 9.64 Å². The van der Waals surface area contributed by atoms with Crippen molar-refractivity contribution in [2.24, 2.45) is 0 Å². The second kappa shape index (κ2) is 7.09. The zero-order valence-electron chi connectivity index (χ0n) is 14.4. The fraction of sp³-hybridized carbons (Fsp3) is 0.529. The second-order valence-electron chi connectivity index (χ2n) is 5.96. The van der Waals surface area contributed by atoms with Crippen molar-refractivity contribution < 1.29 is 9.53 Å². The number of methoxy groups -OCH3 is 1. The first-order valence-corrected chi connectivity index (χ1v) is 8.30. The molecule has 1 fully saturated rings. The number of carbonyl (C=O) groups is 1. The van der Waals surface area contributed by atoms with Crippen molar-refractivity contribution >= 4 is 5.91 Å². The number of hydrogen-bond donors (Lipinski definition) is 0. The zero-order chi connectivity index (χ0) is 17.1. The van der Waals surface area contributed by atoms with Gasteiger partial charge in [0.1, 0.15) is 6.61 Å². The smallest absolute Gasteiger partial charge is 0.249 e. The van der Waals surface area contributed by atoms with Crippen molar-refractivity contribution in [2.45, 2.75) is 39.3 Å². The molecule has 1 saturated heterocycles. The van der Waals surface area contributed by atoms with E-state index in [4.69, 9.17) is 9.72 Å². The third-order valence-electron chi connectivity index (χ3n) is 4.29. The lowest BCUT2D eigenvalue weighted by molar-refractivity contribution is -0.136. The summed E-state index contributed by atoms with van der Waals surface area (Å²) in [7, 11) is 1.54. The van der Waals surface area contributed by atoms with E-state index in [1.165, 1.54) is 7.11 Å². The normalized spacial score (nSPS) is 17.5. The maximum Gasteiger partial charge on any atom is 0.249 e. The summed E-state index contributed by atoms with van der Waals surface area (Å²) in [6.07, 6.45) is 3.62. The van der Waals surface area contributed by atoms with Crippen molar-refractivity contribution in [1.29, 1.82) is 0 Å². The number of hydrogen-bond acceptors (Lipinski definition) is 5. The zero-order valence-corrected chi connectivity index (χ0v) is 14.4. The van der Waals surface area contributed by atoms with E-state index in [1.54, 1.807) is 6.20 Å². The van der Waals surface area contributed by atoms with Crippen LogP contribution in [0.3, 0.4) is 0 Å². The Morgan fingerprint density at radius 2 is 2.25 bits per heavy atom. The standard InChI is InChI=1S/C17H23N5O2/c1-4-22-14(7-8-18-22)13-10-12(2)19-17(20-13)15-6-5-9-21(15)16(23)11-24-3/h7-8,10,15H,4-6,9,11H2,1-3H3. The van der Waals surface area contributed by atoms with E-state index in [1.807, 2.05) is 35.6 Å². The molecule has 7 nitrogen and oxygen atoms in total. The van der Waals surface area contributed by atoms with Crippen molar-refractivity contribution in [2.75, 3.05) is 20.3 Å². The number of likely N-dealkylation sites (tertiary alicyclic amines) is 1. The lowest BCUT2D eigenvalue weighted by atomic mass is 10.1. The van der Waals surface area contributed by atoms with Gasteiger partial charge in [0.25, 0.3) is 0 Å². The largest absolute Gasteiger partial charge is 0.375 e. The first-order valence-electron chi connectivity index (χ1n) is 8.30. The van der Waals surface area contributed by atoms with Crippen molar-refractivity contribution in [1.82, 2.24) is 24.6 Å². The van der Waals surface area contributed by atoms with Gasteiger partial charge in [-0.15, -0.1) is 0 Å². The Balaban J connectivity index is 1.95. The Hall–Kier alpha value is -2.28. The molecule has 3 rings (SSSR count). The molecule has 0 spiro atoms. The third kappa shape index (κ3) is 3.17. The highest BCUT2D eigenvalue weighted by Gasteiger charge is 2.32. The molecular formula is C17H23N5O2. The van der Waals surface area contributed by atoms with Gasteiger partial charge in [0.05, 0.1) is 17.4 Å². The van der Waals surface area contributed by atoms with E-state index in [2.05, 4.69) is 10.1 Å². The molecule has 1 aliphatic heterocycles. The van der Waals surface area contributed by atoms with Gasteiger partial charge in [-0.25, -0.2) is 9.97 Å². The monoisotopic (exact) mass is 329 g/mol. The minimum atomic E-state index is -0.0794. The van der Waals surface area contributed by atoms with Gasteiger partial charge in [-0.05, 0) is 38.8 Å². The summed E-state index contributed by atoms with van der Waals surface area (Å²) in [6, 6.07) is 3.84. The van der Waals surface area contributed by atoms with E-state index in [9.17, 15) is 4.79 Å². The van der Waals surface area contributed by atoms with Gasteiger partial charge in [-0.2, -0.15) is 5.10 Å². The number of ether oxygens (including phenoxy) is 1. The lowest BCUT2D eigenvalue weighted by Crippen LogP contribution is -2.34. The maximum absolute atomic E-state index is 12.3. The fourth-order valence-corrected chi connectivity index (χ4v) is 3.21. The van der Waals surface area contributed by atoms with Crippen LogP contribution in [0.1, 0.15) is 37.3 Å². The summed E-state index contributed by atoms with van der Waals surface area (Å²) in [6.45, 7) is 5.61. The summed E-state index contributed by atoms with van der Waals surface area (Å²) in [5.74, 6) is 0.695. The van der Waals surface area contributed by atoms with Crippen LogP contribution in [0.15, 0.2) is 18.3 Å². The highest BCUT2D eigenvalue weighted by atomic mass is 16.5. The Bertz CT molecular complexity index is 728. The number of aromatic nitrogens is 4. The van der Waals surface area contributed by atoms with Gasteiger partial charge in [0.15, 0.2) is 5.82 Å². The van der Waals surface area contributed by atoms with Crippen molar-refractivity contribution in [3.8, 4) is 11.4 Å². The molecule has 3 heterocycles. The maximum atomic E-state index is 12.3. The van der Waals surface area contributed by atoms with Crippen LogP contribution in [0.4, 0.5) is 0 Å². The summed E-state index contributed by atoms with van der Waals surface area (Å²) < 4.78 is 6.90. The number of aryl methyl sites for hydroxylation is 2. The van der Waals surface area contributed by atoms with Crippen LogP contribution in [0.5, 0.6) is 0 Å². The van der Waals surface area contributed by atoms with E-state index in [0.717, 1.165) is 43.0 Å². The van der Waals surface area contributed by atoms with Crippen LogP contribution in [-0.4, -0.2) is 50.8 Å². The lowest BCUT2D eigenvalue weighted by Gasteiger charge is -2.24. The van der Waals surface area contributed by atoms with Gasteiger partial charge in [-0.1, -0.05) is 0 Å². The molecule has 1 atom stereocenters. The van der Waals surface area contributed by atoms with Gasteiger partial charge >= 0.3 is 0 Å². The molecule has 2 aromatic heterocycles. The van der Waals surface area contributed by atoms with Gasteiger partial charge in [-0.3, -0.25) is 9.48 Å². The van der Waals surface area contributed by atoms with Crippen LogP contribution in [0.25, 0.3) is 11.4 Å². The predicted molar refractivity (Wildman–Crippen MR) is 89.2 cm³/mol.